The summed E-state index contributed by atoms with van der Waals surface area (Å²) in [7, 11) is 0. The molecule has 0 bridgehead atoms. The molecule has 1 aromatic rings. The van der Waals surface area contributed by atoms with E-state index in [1.807, 2.05) is 0 Å². The zero-order valence-corrected chi connectivity index (χ0v) is 8.64. The average molecular weight is 232 g/mol. The molecule has 0 saturated carbocycles. The molecule has 1 aromatic heterocycles. The molecule has 0 aliphatic heterocycles. The Labute approximate surface area is 91.3 Å². The zero-order chi connectivity index (χ0) is 11.3. The Morgan fingerprint density at radius 1 is 1.60 bits per heavy atom. The Morgan fingerprint density at radius 2 is 2.33 bits per heavy atom. The largest absolute Gasteiger partial charge is 0.388 e. The Kier molecular flexibility index (Phi) is 4.51. The van der Waals surface area contributed by atoms with Crippen LogP contribution in [0.3, 0.4) is 0 Å². The van der Waals surface area contributed by atoms with Crippen molar-refractivity contribution in [1.82, 2.24) is 4.98 Å². The smallest absolute Gasteiger partial charge is 0.261 e. The van der Waals surface area contributed by atoms with E-state index < -0.39 is 13.0 Å². The summed E-state index contributed by atoms with van der Waals surface area (Å²) in [5.74, 6) is 0. The first kappa shape index (κ1) is 11.9. The topological polar surface area (TPSA) is 48.1 Å². The zero-order valence-electron chi connectivity index (χ0n) is 7.82. The maximum absolute atomic E-state index is 11.8. The number of alkyl halides is 2. The Balaban J connectivity index is 2.54. The van der Waals surface area contributed by atoms with Gasteiger partial charge in [-0.05, 0) is 17.7 Å². The highest BCUT2D eigenvalue weighted by atomic mass is 32.1. The van der Waals surface area contributed by atoms with Crippen molar-refractivity contribution in [3.8, 4) is 0 Å². The second-order valence-electron chi connectivity index (χ2n) is 2.82. The van der Waals surface area contributed by atoms with Crippen LogP contribution in [0.4, 0.5) is 8.78 Å². The summed E-state index contributed by atoms with van der Waals surface area (Å²) >= 11 is 4.73. The van der Waals surface area contributed by atoms with E-state index in [0.29, 0.717) is 11.3 Å². The number of nitrogens with two attached hydrogens (primary N) is 1. The van der Waals surface area contributed by atoms with Crippen molar-refractivity contribution in [3.05, 3.63) is 29.6 Å². The number of halogens is 2. The number of nitrogens with zero attached hydrogens (tertiary/aromatic N) is 1. The predicted molar refractivity (Wildman–Crippen MR) is 55.8 cm³/mol. The monoisotopic (exact) mass is 232 g/mol. The maximum Gasteiger partial charge on any atom is 0.261 e. The first-order chi connectivity index (χ1) is 7.09. The molecule has 3 nitrogen and oxygen atoms in total. The van der Waals surface area contributed by atoms with E-state index in [4.69, 9.17) is 22.7 Å². The van der Waals surface area contributed by atoms with Crippen LogP contribution in [0.1, 0.15) is 11.3 Å². The lowest BCUT2D eigenvalue weighted by molar-refractivity contribution is 0.00986. The molecule has 0 spiro atoms. The van der Waals surface area contributed by atoms with Gasteiger partial charge in [0.2, 0.25) is 0 Å². The van der Waals surface area contributed by atoms with Crippen molar-refractivity contribution < 1.29 is 13.5 Å². The van der Waals surface area contributed by atoms with Gasteiger partial charge >= 0.3 is 0 Å². The number of rotatable bonds is 5. The van der Waals surface area contributed by atoms with Crippen LogP contribution in [0.2, 0.25) is 0 Å². The lowest BCUT2D eigenvalue weighted by Gasteiger charge is -2.04. The van der Waals surface area contributed by atoms with Crippen LogP contribution >= 0.6 is 12.2 Å². The van der Waals surface area contributed by atoms with Gasteiger partial charge in [0.05, 0.1) is 12.3 Å². The Bertz CT molecular complexity index is 347. The average Bonchev–Trinajstić information content (AvgIpc) is 2.17. The van der Waals surface area contributed by atoms with Gasteiger partial charge in [0.25, 0.3) is 6.43 Å². The van der Waals surface area contributed by atoms with Gasteiger partial charge in [-0.1, -0.05) is 12.2 Å². The first-order valence-corrected chi connectivity index (χ1v) is 4.61. The maximum atomic E-state index is 11.8. The molecule has 0 fully saturated rings. The van der Waals surface area contributed by atoms with Crippen LogP contribution < -0.4 is 5.73 Å². The molecule has 0 unspecified atom stereocenters. The van der Waals surface area contributed by atoms with Gasteiger partial charge in [0.15, 0.2) is 0 Å². The van der Waals surface area contributed by atoms with Gasteiger partial charge < -0.3 is 10.5 Å². The molecule has 0 aliphatic rings. The summed E-state index contributed by atoms with van der Waals surface area (Å²) in [6.07, 6.45) is -0.947. The number of aromatic nitrogens is 1. The first-order valence-electron chi connectivity index (χ1n) is 4.20. The highest BCUT2D eigenvalue weighted by Gasteiger charge is 2.03. The molecule has 0 radical (unpaired) electrons. The third-order valence-electron chi connectivity index (χ3n) is 1.59. The predicted octanol–water partition coefficient (Wildman–Crippen LogP) is 1.50. The molecular formula is C9H10F2N2OS. The molecule has 0 aromatic carbocycles. The number of hydrogen-bond acceptors (Lipinski definition) is 3. The molecule has 0 aliphatic carbocycles. The molecular weight excluding hydrogens is 222 g/mol. The Morgan fingerprint density at radius 3 is 2.93 bits per heavy atom. The fraction of sp³-hybridized carbons (Fsp3) is 0.333. The van der Waals surface area contributed by atoms with Crippen molar-refractivity contribution >= 4 is 17.2 Å². The van der Waals surface area contributed by atoms with Crippen LogP contribution in [-0.4, -0.2) is 23.0 Å². The van der Waals surface area contributed by atoms with E-state index in [9.17, 15) is 8.78 Å². The normalized spacial score (nSPS) is 10.6. The van der Waals surface area contributed by atoms with E-state index in [1.165, 1.54) is 6.20 Å². The second kappa shape index (κ2) is 5.67. The lowest BCUT2D eigenvalue weighted by Crippen LogP contribution is -2.12. The summed E-state index contributed by atoms with van der Waals surface area (Å²) in [6.45, 7) is -0.479. The highest BCUT2D eigenvalue weighted by Crippen LogP contribution is 2.04. The van der Waals surface area contributed by atoms with Crippen molar-refractivity contribution in [2.24, 2.45) is 5.73 Å². The Hall–Kier alpha value is -1.14. The number of ether oxygens (including phenoxy) is 1. The molecule has 6 heteroatoms. The molecule has 82 valence electrons. The lowest BCUT2D eigenvalue weighted by atomic mass is 10.2. The van der Waals surface area contributed by atoms with Gasteiger partial charge in [0, 0.05) is 6.20 Å². The fourth-order valence-electron chi connectivity index (χ4n) is 0.965. The van der Waals surface area contributed by atoms with Crippen molar-refractivity contribution in [3.63, 3.8) is 0 Å². The minimum atomic E-state index is -2.46. The van der Waals surface area contributed by atoms with E-state index in [0.717, 1.165) is 0 Å². The van der Waals surface area contributed by atoms with Crippen LogP contribution in [0, 0.1) is 0 Å². The molecule has 1 heterocycles. The fourth-order valence-corrected chi connectivity index (χ4v) is 1.08. The van der Waals surface area contributed by atoms with E-state index in [1.54, 1.807) is 12.1 Å². The summed E-state index contributed by atoms with van der Waals surface area (Å²) in [5, 5.41) is 0. The summed E-state index contributed by atoms with van der Waals surface area (Å²) < 4.78 is 28.3. The van der Waals surface area contributed by atoms with E-state index in [-0.39, 0.29) is 11.6 Å². The molecule has 1 rings (SSSR count). The van der Waals surface area contributed by atoms with E-state index in [2.05, 4.69) is 4.98 Å². The standard InChI is InChI=1S/C9H10F2N2OS/c10-8(11)5-14-4-6-1-2-13-7(3-6)9(12)15/h1-3,8H,4-5H2,(H2,12,15). The van der Waals surface area contributed by atoms with Crippen LogP contribution in [0.5, 0.6) is 0 Å². The molecule has 2 N–H and O–H groups in total. The van der Waals surface area contributed by atoms with Gasteiger partial charge in [-0.15, -0.1) is 0 Å². The minimum absolute atomic E-state index is 0.0997. The van der Waals surface area contributed by atoms with Gasteiger partial charge in [-0.3, -0.25) is 4.98 Å². The third kappa shape index (κ3) is 4.26. The van der Waals surface area contributed by atoms with Gasteiger partial charge in [-0.25, -0.2) is 8.78 Å². The number of pyridine rings is 1. The molecule has 0 saturated heterocycles. The molecule has 15 heavy (non-hydrogen) atoms. The molecule has 0 atom stereocenters. The minimum Gasteiger partial charge on any atom is -0.388 e. The summed E-state index contributed by atoms with van der Waals surface area (Å²) in [4.78, 5) is 4.08. The van der Waals surface area contributed by atoms with Crippen LogP contribution in [0.25, 0.3) is 0 Å². The highest BCUT2D eigenvalue weighted by molar-refractivity contribution is 7.80. The van der Waals surface area contributed by atoms with Crippen LogP contribution in [0.15, 0.2) is 18.3 Å². The van der Waals surface area contributed by atoms with Crippen LogP contribution in [-0.2, 0) is 11.3 Å². The van der Waals surface area contributed by atoms with Gasteiger partial charge in [-0.2, -0.15) is 0 Å². The molecule has 0 amide bonds. The van der Waals surface area contributed by atoms with Crippen molar-refractivity contribution in [1.29, 1.82) is 0 Å². The quantitative estimate of drug-likeness (QED) is 0.781. The number of hydrogen-bond donors (Lipinski definition) is 1. The number of thiocarbonyl (C=S) groups is 1. The van der Waals surface area contributed by atoms with E-state index >= 15 is 0 Å². The second-order valence-corrected chi connectivity index (χ2v) is 3.26. The van der Waals surface area contributed by atoms with Crippen molar-refractivity contribution in [2.45, 2.75) is 13.0 Å². The summed E-state index contributed by atoms with van der Waals surface area (Å²) in [6, 6.07) is 3.28. The summed E-state index contributed by atoms with van der Waals surface area (Å²) in [5.41, 5.74) is 6.55. The van der Waals surface area contributed by atoms with Crippen molar-refractivity contribution in [2.75, 3.05) is 6.61 Å². The third-order valence-corrected chi connectivity index (χ3v) is 1.80. The van der Waals surface area contributed by atoms with Gasteiger partial charge in [0.1, 0.15) is 11.6 Å². The SMILES string of the molecule is NC(=S)c1cc(COCC(F)F)ccn1.